The molecule has 32 heavy (non-hydrogen) atoms. The molecule has 1 aliphatic carbocycles. The maximum absolute atomic E-state index is 12.6. The average Bonchev–Trinajstić information content (AvgIpc) is 3.09. The Bertz CT molecular complexity index is 942. The van der Waals surface area contributed by atoms with Gasteiger partial charge < -0.3 is 20.5 Å². The summed E-state index contributed by atoms with van der Waals surface area (Å²) in [5.41, 5.74) is 4.50. The van der Waals surface area contributed by atoms with E-state index in [4.69, 9.17) is 9.84 Å². The van der Waals surface area contributed by atoms with Gasteiger partial charge in [0.1, 0.15) is 12.6 Å². The predicted molar refractivity (Wildman–Crippen MR) is 121 cm³/mol. The normalized spacial score (nSPS) is 14.2. The molecule has 7 heteroatoms. The number of carboxylic acids is 1. The molecule has 2 aromatic carbocycles. The summed E-state index contributed by atoms with van der Waals surface area (Å²) in [5.74, 6) is -2.31. The molecule has 0 bridgehead atoms. The number of amides is 2. The lowest BCUT2D eigenvalue weighted by Gasteiger charge is -2.23. The number of aliphatic carboxylic acids is 1. The lowest BCUT2D eigenvalue weighted by atomic mass is 9.98. The molecule has 3 rings (SSSR count). The molecule has 0 spiro atoms. The van der Waals surface area contributed by atoms with Gasteiger partial charge in [-0.25, -0.2) is 4.79 Å². The third-order valence-corrected chi connectivity index (χ3v) is 5.93. The van der Waals surface area contributed by atoms with Gasteiger partial charge in [0.2, 0.25) is 5.91 Å². The molecule has 0 radical (unpaired) electrons. The second kappa shape index (κ2) is 10.3. The van der Waals surface area contributed by atoms with Crippen molar-refractivity contribution < 1.29 is 24.2 Å². The van der Waals surface area contributed by atoms with Gasteiger partial charge >= 0.3 is 12.1 Å². The first-order valence-corrected chi connectivity index (χ1v) is 11.0. The Hall–Kier alpha value is -3.35. The van der Waals surface area contributed by atoms with Crippen LogP contribution in [0.2, 0.25) is 0 Å². The molecule has 2 amide bonds. The van der Waals surface area contributed by atoms with Gasteiger partial charge in [-0.1, -0.05) is 69.3 Å². The Morgan fingerprint density at radius 3 is 2.06 bits per heavy atom. The first kappa shape index (κ1) is 23.3. The van der Waals surface area contributed by atoms with Crippen molar-refractivity contribution in [3.63, 3.8) is 0 Å². The smallest absolute Gasteiger partial charge is 0.407 e. The molecule has 0 aromatic heterocycles. The summed E-state index contributed by atoms with van der Waals surface area (Å²) in [7, 11) is 0. The predicted octanol–water partition coefficient (Wildman–Crippen LogP) is 3.78. The molecular weight excluding hydrogens is 408 g/mol. The highest BCUT2D eigenvalue weighted by molar-refractivity contribution is 5.86. The van der Waals surface area contributed by atoms with E-state index in [9.17, 15) is 14.4 Å². The van der Waals surface area contributed by atoms with Crippen molar-refractivity contribution in [3.8, 4) is 11.1 Å². The van der Waals surface area contributed by atoms with Crippen molar-refractivity contribution >= 4 is 18.0 Å². The average molecular weight is 439 g/mol. The van der Waals surface area contributed by atoms with Crippen molar-refractivity contribution in [1.29, 1.82) is 0 Å². The maximum Gasteiger partial charge on any atom is 0.407 e. The highest BCUT2D eigenvalue weighted by Gasteiger charge is 2.30. The standard InChI is InChI=1S/C25H30N2O5/c1-4-16(24(29)30)13-26-23(28)22(15(2)3)27-25(31)32-14-21-19-11-7-5-9-17(19)18-10-6-8-12-20(18)21/h5-12,15-16,21-22H,4,13-14H2,1-3H3,(H,26,28)(H,27,31)(H,29,30)/t16?,22-/m0/s1. The second-order valence-corrected chi connectivity index (χ2v) is 8.38. The van der Waals surface area contributed by atoms with Crippen LogP contribution >= 0.6 is 0 Å². The molecule has 1 unspecified atom stereocenters. The Labute approximate surface area is 188 Å². The van der Waals surface area contributed by atoms with Crippen LogP contribution in [-0.2, 0) is 14.3 Å². The SMILES string of the molecule is CCC(CNC(=O)[C@@H](NC(=O)OCC1c2ccccc2-c2ccccc21)C(C)C)C(=O)O. The maximum atomic E-state index is 12.6. The van der Waals surface area contributed by atoms with E-state index in [1.165, 1.54) is 0 Å². The summed E-state index contributed by atoms with van der Waals surface area (Å²) in [6, 6.07) is 15.3. The van der Waals surface area contributed by atoms with Gasteiger partial charge in [-0.15, -0.1) is 0 Å². The molecule has 2 aromatic rings. The molecule has 7 nitrogen and oxygen atoms in total. The van der Waals surface area contributed by atoms with Crippen LogP contribution in [0.4, 0.5) is 4.79 Å². The van der Waals surface area contributed by atoms with E-state index in [-0.39, 0.29) is 25.0 Å². The second-order valence-electron chi connectivity index (χ2n) is 8.38. The van der Waals surface area contributed by atoms with Gasteiger partial charge in [0.05, 0.1) is 5.92 Å². The lowest BCUT2D eigenvalue weighted by Crippen LogP contribution is -2.51. The van der Waals surface area contributed by atoms with E-state index < -0.39 is 29.9 Å². The Morgan fingerprint density at radius 2 is 1.56 bits per heavy atom. The van der Waals surface area contributed by atoms with Crippen LogP contribution in [-0.4, -0.2) is 42.3 Å². The number of hydrogen-bond acceptors (Lipinski definition) is 4. The molecule has 0 aliphatic heterocycles. The van der Waals surface area contributed by atoms with Crippen LogP contribution < -0.4 is 10.6 Å². The van der Waals surface area contributed by atoms with Crippen LogP contribution in [0.3, 0.4) is 0 Å². The number of fused-ring (bicyclic) bond motifs is 3. The number of carboxylic acid groups (broad SMARTS) is 1. The number of ether oxygens (including phenoxy) is 1. The third-order valence-electron chi connectivity index (χ3n) is 5.93. The Morgan fingerprint density at radius 1 is 1.00 bits per heavy atom. The number of nitrogens with one attached hydrogen (secondary N) is 2. The third kappa shape index (κ3) is 5.10. The van der Waals surface area contributed by atoms with Gasteiger partial charge in [0.25, 0.3) is 0 Å². The van der Waals surface area contributed by atoms with E-state index in [1.54, 1.807) is 6.92 Å². The van der Waals surface area contributed by atoms with Crippen molar-refractivity contribution in [3.05, 3.63) is 59.7 Å². The number of hydrogen-bond donors (Lipinski definition) is 3. The zero-order valence-electron chi connectivity index (χ0n) is 18.6. The van der Waals surface area contributed by atoms with Crippen LogP contribution in [0.1, 0.15) is 44.2 Å². The number of rotatable bonds is 9. The van der Waals surface area contributed by atoms with Crippen molar-refractivity contribution in [2.75, 3.05) is 13.2 Å². The summed E-state index contributed by atoms with van der Waals surface area (Å²) in [6.07, 6.45) is -0.270. The van der Waals surface area contributed by atoms with E-state index in [0.29, 0.717) is 6.42 Å². The lowest BCUT2D eigenvalue weighted by molar-refractivity contribution is -0.141. The summed E-state index contributed by atoms with van der Waals surface area (Å²) >= 11 is 0. The van der Waals surface area contributed by atoms with Gasteiger partial charge in [0, 0.05) is 12.5 Å². The van der Waals surface area contributed by atoms with Gasteiger partial charge in [-0.3, -0.25) is 9.59 Å². The minimum absolute atomic E-state index is 0.0141. The fourth-order valence-corrected chi connectivity index (χ4v) is 4.04. The molecule has 1 aliphatic rings. The fourth-order valence-electron chi connectivity index (χ4n) is 4.04. The van der Waals surface area contributed by atoms with Gasteiger partial charge in [-0.2, -0.15) is 0 Å². The highest BCUT2D eigenvalue weighted by Crippen LogP contribution is 2.44. The first-order valence-electron chi connectivity index (χ1n) is 11.0. The largest absolute Gasteiger partial charge is 0.481 e. The molecule has 0 fully saturated rings. The van der Waals surface area contributed by atoms with E-state index >= 15 is 0 Å². The number of carbonyl (C=O) groups excluding carboxylic acids is 2. The summed E-state index contributed by atoms with van der Waals surface area (Å²) in [6.45, 7) is 5.54. The van der Waals surface area contributed by atoms with E-state index in [0.717, 1.165) is 22.3 Å². The van der Waals surface area contributed by atoms with Crippen molar-refractivity contribution in [2.24, 2.45) is 11.8 Å². The minimum atomic E-state index is -0.960. The summed E-state index contributed by atoms with van der Waals surface area (Å²) < 4.78 is 5.53. The monoisotopic (exact) mass is 438 g/mol. The molecule has 2 atom stereocenters. The van der Waals surface area contributed by atoms with Crippen LogP contribution in [0, 0.1) is 11.8 Å². The topological polar surface area (TPSA) is 105 Å². The van der Waals surface area contributed by atoms with Crippen LogP contribution in [0.5, 0.6) is 0 Å². The molecule has 3 N–H and O–H groups in total. The van der Waals surface area contributed by atoms with Crippen molar-refractivity contribution in [2.45, 2.75) is 39.2 Å². The highest BCUT2D eigenvalue weighted by atomic mass is 16.5. The zero-order valence-corrected chi connectivity index (χ0v) is 18.6. The van der Waals surface area contributed by atoms with E-state index in [1.807, 2.05) is 50.2 Å². The van der Waals surface area contributed by atoms with Crippen LogP contribution in [0.25, 0.3) is 11.1 Å². The van der Waals surface area contributed by atoms with Gasteiger partial charge in [0.15, 0.2) is 0 Å². The first-order chi connectivity index (χ1) is 15.3. The Balaban J connectivity index is 1.62. The Kier molecular flexibility index (Phi) is 7.51. The van der Waals surface area contributed by atoms with Crippen molar-refractivity contribution in [1.82, 2.24) is 10.6 Å². The number of benzene rings is 2. The molecule has 0 saturated heterocycles. The summed E-state index contributed by atoms with van der Waals surface area (Å²) in [4.78, 5) is 36.3. The quantitative estimate of drug-likeness (QED) is 0.553. The fraction of sp³-hybridized carbons (Fsp3) is 0.400. The number of carbonyl (C=O) groups is 3. The van der Waals surface area contributed by atoms with Crippen LogP contribution in [0.15, 0.2) is 48.5 Å². The molecule has 0 heterocycles. The van der Waals surface area contributed by atoms with E-state index in [2.05, 4.69) is 22.8 Å². The molecule has 0 saturated carbocycles. The molecular formula is C25H30N2O5. The minimum Gasteiger partial charge on any atom is -0.481 e. The number of alkyl carbamates (subject to hydrolysis) is 1. The van der Waals surface area contributed by atoms with Gasteiger partial charge in [-0.05, 0) is 34.6 Å². The zero-order chi connectivity index (χ0) is 23.3. The summed E-state index contributed by atoms with van der Waals surface area (Å²) in [5, 5.41) is 14.4. The molecule has 170 valence electrons.